The number of benzene rings is 3. The summed E-state index contributed by atoms with van der Waals surface area (Å²) in [7, 11) is 0. The SMILES string of the molecule is Cc1cc(NCCC(=O)N2CCN(Cc3ccccc3)CC2)ccc1Oc1ccc(NC(=O)c2ccc(C(F)(F)F)cc2)cn1. The maximum Gasteiger partial charge on any atom is 0.416 e. The van der Waals surface area contributed by atoms with Crippen LogP contribution in [0, 0.1) is 6.92 Å². The van der Waals surface area contributed by atoms with Crippen LogP contribution >= 0.6 is 0 Å². The highest BCUT2D eigenvalue weighted by Crippen LogP contribution is 2.30. The van der Waals surface area contributed by atoms with Crippen molar-refractivity contribution in [2.24, 2.45) is 0 Å². The van der Waals surface area contributed by atoms with Gasteiger partial charge < -0.3 is 20.3 Å². The van der Waals surface area contributed by atoms with Crippen LogP contribution in [0.1, 0.15) is 33.5 Å². The molecular weight excluding hydrogens is 583 g/mol. The molecule has 234 valence electrons. The Labute approximate surface area is 259 Å². The second kappa shape index (κ2) is 14.3. The van der Waals surface area contributed by atoms with Crippen LogP contribution in [0.3, 0.4) is 0 Å². The fraction of sp³-hybridized carbons (Fsp3) is 0.265. The third-order valence-electron chi connectivity index (χ3n) is 7.50. The molecule has 1 saturated heterocycles. The first-order valence-corrected chi connectivity index (χ1v) is 14.7. The maximum absolute atomic E-state index is 12.8. The van der Waals surface area contributed by atoms with Crippen molar-refractivity contribution in [3.63, 3.8) is 0 Å². The second-order valence-corrected chi connectivity index (χ2v) is 10.8. The number of carbonyl (C=O) groups is 2. The molecule has 8 nitrogen and oxygen atoms in total. The Morgan fingerprint density at radius 2 is 1.60 bits per heavy atom. The van der Waals surface area contributed by atoms with Crippen molar-refractivity contribution in [3.05, 3.63) is 113 Å². The number of alkyl halides is 3. The summed E-state index contributed by atoms with van der Waals surface area (Å²) in [6, 6.07) is 23.1. The summed E-state index contributed by atoms with van der Waals surface area (Å²) in [5.41, 5.74) is 2.65. The van der Waals surface area contributed by atoms with Gasteiger partial charge in [0.2, 0.25) is 11.8 Å². The van der Waals surface area contributed by atoms with Gasteiger partial charge in [-0.05, 0) is 66.6 Å². The van der Waals surface area contributed by atoms with Crippen LogP contribution < -0.4 is 15.4 Å². The molecule has 5 rings (SSSR count). The number of hydrogen-bond acceptors (Lipinski definition) is 6. The molecule has 1 aliphatic rings. The van der Waals surface area contributed by atoms with Crippen molar-refractivity contribution < 1.29 is 27.5 Å². The molecule has 0 atom stereocenters. The van der Waals surface area contributed by atoms with Crippen LogP contribution in [-0.2, 0) is 17.5 Å². The van der Waals surface area contributed by atoms with E-state index in [4.69, 9.17) is 4.74 Å². The summed E-state index contributed by atoms with van der Waals surface area (Å²) in [6.45, 7) is 6.52. The largest absolute Gasteiger partial charge is 0.439 e. The number of nitrogens with zero attached hydrogens (tertiary/aromatic N) is 3. The number of halogens is 3. The minimum atomic E-state index is -4.47. The van der Waals surface area contributed by atoms with Gasteiger partial charge in [-0.2, -0.15) is 13.2 Å². The van der Waals surface area contributed by atoms with Crippen molar-refractivity contribution in [1.82, 2.24) is 14.8 Å². The molecule has 2 amide bonds. The van der Waals surface area contributed by atoms with Gasteiger partial charge in [0.25, 0.3) is 5.91 Å². The van der Waals surface area contributed by atoms with E-state index in [0.717, 1.165) is 68.2 Å². The summed E-state index contributed by atoms with van der Waals surface area (Å²) < 4.78 is 44.2. The Bertz CT molecular complexity index is 1590. The van der Waals surface area contributed by atoms with Gasteiger partial charge >= 0.3 is 6.18 Å². The molecule has 0 spiro atoms. The van der Waals surface area contributed by atoms with Gasteiger partial charge in [0, 0.05) is 63.0 Å². The molecule has 2 heterocycles. The van der Waals surface area contributed by atoms with Crippen molar-refractivity contribution >= 4 is 23.2 Å². The number of rotatable bonds is 10. The number of aryl methyl sites for hydroxylation is 1. The molecule has 11 heteroatoms. The topological polar surface area (TPSA) is 86.8 Å². The molecule has 0 bridgehead atoms. The van der Waals surface area contributed by atoms with E-state index in [1.54, 1.807) is 12.1 Å². The molecule has 0 aliphatic carbocycles. The lowest BCUT2D eigenvalue weighted by molar-refractivity contribution is -0.137. The number of anilines is 2. The zero-order valence-electron chi connectivity index (χ0n) is 24.8. The van der Waals surface area contributed by atoms with Crippen molar-refractivity contribution in [3.8, 4) is 11.6 Å². The van der Waals surface area contributed by atoms with Crippen molar-refractivity contribution in [2.45, 2.75) is 26.1 Å². The Balaban J connectivity index is 1.05. The van der Waals surface area contributed by atoms with Gasteiger partial charge in [-0.3, -0.25) is 14.5 Å². The number of nitrogens with one attached hydrogen (secondary N) is 2. The Kier molecular flexibility index (Phi) is 9.99. The summed E-state index contributed by atoms with van der Waals surface area (Å²) >= 11 is 0. The lowest BCUT2D eigenvalue weighted by atomic mass is 10.1. The highest BCUT2D eigenvalue weighted by atomic mass is 19.4. The summed E-state index contributed by atoms with van der Waals surface area (Å²) in [5, 5.41) is 5.92. The zero-order chi connectivity index (χ0) is 31.8. The van der Waals surface area contributed by atoms with E-state index in [1.165, 1.54) is 11.8 Å². The number of hydrogen-bond donors (Lipinski definition) is 2. The molecule has 0 unspecified atom stereocenters. The number of pyridine rings is 1. The average molecular weight is 618 g/mol. The van der Waals surface area contributed by atoms with Gasteiger partial charge in [-0.1, -0.05) is 30.3 Å². The van der Waals surface area contributed by atoms with E-state index in [0.29, 0.717) is 30.3 Å². The third-order valence-corrected chi connectivity index (χ3v) is 7.50. The maximum atomic E-state index is 12.8. The Morgan fingerprint density at radius 3 is 2.24 bits per heavy atom. The fourth-order valence-corrected chi connectivity index (χ4v) is 4.98. The minimum absolute atomic E-state index is 0.0920. The van der Waals surface area contributed by atoms with Gasteiger partial charge in [0.15, 0.2) is 0 Å². The highest BCUT2D eigenvalue weighted by Gasteiger charge is 2.30. The summed E-state index contributed by atoms with van der Waals surface area (Å²) in [6.07, 6.45) is -2.66. The first-order chi connectivity index (χ1) is 21.6. The van der Waals surface area contributed by atoms with E-state index in [9.17, 15) is 22.8 Å². The minimum Gasteiger partial charge on any atom is -0.439 e. The smallest absolute Gasteiger partial charge is 0.416 e. The van der Waals surface area contributed by atoms with Crippen LogP contribution in [0.25, 0.3) is 0 Å². The standard InChI is InChI=1S/C34H34F3N5O3/c1-24-21-28(38-16-15-32(43)42-19-17-41(18-20-42)23-25-5-3-2-4-6-25)11-13-30(24)45-31-14-12-29(22-39-31)40-33(44)26-7-9-27(10-8-26)34(35,36)37/h2-14,21-22,38H,15-20,23H2,1H3,(H,40,44). The molecule has 45 heavy (non-hydrogen) atoms. The molecule has 2 N–H and O–H groups in total. The van der Waals surface area contributed by atoms with E-state index in [2.05, 4.69) is 32.7 Å². The number of carbonyl (C=O) groups excluding carboxylic acids is 2. The molecule has 1 fully saturated rings. The predicted octanol–water partition coefficient (Wildman–Crippen LogP) is 6.60. The molecule has 4 aromatic rings. The van der Waals surface area contributed by atoms with Gasteiger partial charge in [0.1, 0.15) is 5.75 Å². The third kappa shape index (κ3) is 8.82. The fourth-order valence-electron chi connectivity index (χ4n) is 4.98. The monoisotopic (exact) mass is 617 g/mol. The van der Waals surface area contributed by atoms with E-state index in [-0.39, 0.29) is 11.5 Å². The summed E-state index contributed by atoms with van der Waals surface area (Å²) in [4.78, 5) is 33.7. The van der Waals surface area contributed by atoms with Crippen molar-refractivity contribution in [1.29, 1.82) is 0 Å². The molecule has 1 aromatic heterocycles. The second-order valence-electron chi connectivity index (χ2n) is 10.8. The van der Waals surface area contributed by atoms with Crippen LogP contribution in [0.4, 0.5) is 24.5 Å². The van der Waals surface area contributed by atoms with Crippen LogP contribution in [0.15, 0.2) is 91.1 Å². The van der Waals surface area contributed by atoms with E-state index in [1.807, 2.05) is 48.2 Å². The molecule has 0 saturated carbocycles. The quantitative estimate of drug-likeness (QED) is 0.209. The van der Waals surface area contributed by atoms with Crippen molar-refractivity contribution in [2.75, 3.05) is 43.4 Å². The Morgan fingerprint density at radius 1 is 0.889 bits per heavy atom. The average Bonchev–Trinajstić information content (AvgIpc) is 3.03. The molecule has 1 aliphatic heterocycles. The molecule has 3 aromatic carbocycles. The van der Waals surface area contributed by atoms with Gasteiger partial charge in [0.05, 0.1) is 17.4 Å². The first-order valence-electron chi connectivity index (χ1n) is 14.7. The number of piperazine rings is 1. The van der Waals surface area contributed by atoms with E-state index < -0.39 is 17.6 Å². The number of aromatic nitrogens is 1. The molecular formula is C34H34F3N5O3. The normalized spacial score (nSPS) is 13.7. The van der Waals surface area contributed by atoms with Crippen LogP contribution in [-0.4, -0.2) is 59.3 Å². The number of ether oxygens (including phenoxy) is 1. The lowest BCUT2D eigenvalue weighted by Gasteiger charge is -2.34. The highest BCUT2D eigenvalue weighted by molar-refractivity contribution is 6.04. The van der Waals surface area contributed by atoms with E-state index >= 15 is 0 Å². The predicted molar refractivity (Wildman–Crippen MR) is 166 cm³/mol. The van der Waals surface area contributed by atoms with Gasteiger partial charge in [-0.25, -0.2) is 4.98 Å². The lowest BCUT2D eigenvalue weighted by Crippen LogP contribution is -2.48. The van der Waals surface area contributed by atoms with Gasteiger partial charge in [-0.15, -0.1) is 0 Å². The first kappa shape index (κ1) is 31.5. The summed E-state index contributed by atoms with van der Waals surface area (Å²) in [5.74, 6) is 0.490. The zero-order valence-corrected chi connectivity index (χ0v) is 24.8. The van der Waals surface area contributed by atoms with Crippen LogP contribution in [0.5, 0.6) is 11.6 Å². The number of amides is 2. The molecule has 0 radical (unpaired) electrons. The Hall–Kier alpha value is -4.90. The van der Waals surface area contributed by atoms with Crippen LogP contribution in [0.2, 0.25) is 0 Å².